The molecule has 0 radical (unpaired) electrons. The molecule has 0 bridgehead atoms. The van der Waals surface area contributed by atoms with Crippen molar-refractivity contribution in [1.29, 1.82) is 0 Å². The topological polar surface area (TPSA) is 0 Å². The van der Waals surface area contributed by atoms with E-state index in [1.54, 1.807) is 6.07 Å². The van der Waals surface area contributed by atoms with E-state index >= 15 is 0 Å². The summed E-state index contributed by atoms with van der Waals surface area (Å²) in [5.41, 5.74) is 0.979. The standard InChI is InChI=1S/C20H26F2/c1-2-14-3-5-15(6-4-14)16-7-9-17(10-8-16)18-11-12-19(21)20(22)13-18/h2,11-17H,1,3-10H2/t14-,15-,16?,17?. The van der Waals surface area contributed by atoms with Crippen molar-refractivity contribution in [2.75, 3.05) is 0 Å². The first-order valence-corrected chi connectivity index (χ1v) is 8.75. The van der Waals surface area contributed by atoms with Crippen LogP contribution in [-0.4, -0.2) is 0 Å². The van der Waals surface area contributed by atoms with Gasteiger partial charge >= 0.3 is 0 Å². The molecular formula is C20H26F2. The fourth-order valence-corrected chi connectivity index (χ4v) is 4.54. The minimum atomic E-state index is -0.739. The molecule has 2 fully saturated rings. The number of hydrogen-bond donors (Lipinski definition) is 0. The van der Waals surface area contributed by atoms with Gasteiger partial charge in [-0.3, -0.25) is 0 Å². The normalized spacial score (nSPS) is 32.6. The smallest absolute Gasteiger partial charge is 0.159 e. The van der Waals surface area contributed by atoms with Gasteiger partial charge in [0.15, 0.2) is 11.6 Å². The predicted octanol–water partition coefficient (Wildman–Crippen LogP) is 6.23. The Labute approximate surface area is 132 Å². The van der Waals surface area contributed by atoms with E-state index < -0.39 is 11.6 Å². The summed E-state index contributed by atoms with van der Waals surface area (Å²) in [5.74, 6) is 1.42. The van der Waals surface area contributed by atoms with E-state index in [9.17, 15) is 8.78 Å². The molecule has 0 aromatic heterocycles. The summed E-state index contributed by atoms with van der Waals surface area (Å²) >= 11 is 0. The number of halogens is 2. The van der Waals surface area contributed by atoms with Gasteiger partial charge in [0.2, 0.25) is 0 Å². The van der Waals surface area contributed by atoms with Gasteiger partial charge in [0.1, 0.15) is 0 Å². The Hall–Kier alpha value is -1.18. The van der Waals surface area contributed by atoms with Crippen LogP contribution in [0.2, 0.25) is 0 Å². The summed E-state index contributed by atoms with van der Waals surface area (Å²) in [7, 11) is 0. The molecule has 0 unspecified atom stereocenters. The van der Waals surface area contributed by atoms with E-state index in [-0.39, 0.29) is 0 Å². The van der Waals surface area contributed by atoms with Crippen molar-refractivity contribution in [3.8, 4) is 0 Å². The van der Waals surface area contributed by atoms with Gasteiger partial charge in [-0.1, -0.05) is 12.1 Å². The van der Waals surface area contributed by atoms with Crippen molar-refractivity contribution in [3.05, 3.63) is 48.1 Å². The summed E-state index contributed by atoms with van der Waals surface area (Å²) in [4.78, 5) is 0. The second kappa shape index (κ2) is 6.93. The molecule has 2 heteroatoms. The lowest BCUT2D eigenvalue weighted by Crippen LogP contribution is -2.25. The molecule has 0 nitrogen and oxygen atoms in total. The van der Waals surface area contributed by atoms with Gasteiger partial charge in [0.25, 0.3) is 0 Å². The number of hydrogen-bond acceptors (Lipinski definition) is 0. The Morgan fingerprint density at radius 2 is 1.41 bits per heavy atom. The third kappa shape index (κ3) is 3.42. The van der Waals surface area contributed by atoms with Crippen LogP contribution >= 0.6 is 0 Å². The zero-order valence-electron chi connectivity index (χ0n) is 13.2. The van der Waals surface area contributed by atoms with Crippen molar-refractivity contribution in [1.82, 2.24) is 0 Å². The number of benzene rings is 1. The van der Waals surface area contributed by atoms with E-state index in [0.717, 1.165) is 36.2 Å². The fraction of sp³-hybridized carbons (Fsp3) is 0.600. The Morgan fingerprint density at radius 1 is 0.818 bits per heavy atom. The fourth-order valence-electron chi connectivity index (χ4n) is 4.54. The van der Waals surface area contributed by atoms with Gasteiger partial charge in [-0.05, 0) is 92.7 Å². The quantitative estimate of drug-likeness (QED) is 0.580. The minimum Gasteiger partial charge on any atom is -0.204 e. The highest BCUT2D eigenvalue weighted by molar-refractivity contribution is 5.22. The molecule has 2 aliphatic rings. The van der Waals surface area contributed by atoms with Crippen LogP contribution in [0.25, 0.3) is 0 Å². The van der Waals surface area contributed by atoms with Gasteiger partial charge < -0.3 is 0 Å². The Kier molecular flexibility index (Phi) is 4.95. The first-order valence-electron chi connectivity index (χ1n) is 8.75. The van der Waals surface area contributed by atoms with Crippen LogP contribution < -0.4 is 0 Å². The maximum atomic E-state index is 13.4. The molecule has 1 aromatic carbocycles. The lowest BCUT2D eigenvalue weighted by molar-refractivity contribution is 0.171. The molecule has 0 aliphatic heterocycles. The molecule has 0 N–H and O–H groups in total. The minimum absolute atomic E-state index is 0.413. The highest BCUT2D eigenvalue weighted by Gasteiger charge is 2.30. The van der Waals surface area contributed by atoms with Crippen LogP contribution in [-0.2, 0) is 0 Å². The molecule has 0 atom stereocenters. The van der Waals surface area contributed by atoms with E-state index in [4.69, 9.17) is 0 Å². The van der Waals surface area contributed by atoms with Crippen LogP contribution in [0.5, 0.6) is 0 Å². The highest BCUT2D eigenvalue weighted by Crippen LogP contribution is 2.44. The monoisotopic (exact) mass is 304 g/mol. The van der Waals surface area contributed by atoms with Crippen LogP contribution in [0.1, 0.15) is 62.8 Å². The van der Waals surface area contributed by atoms with E-state index in [0.29, 0.717) is 5.92 Å². The Balaban J connectivity index is 1.54. The van der Waals surface area contributed by atoms with Crippen molar-refractivity contribution in [2.24, 2.45) is 17.8 Å². The van der Waals surface area contributed by atoms with E-state index in [1.165, 1.54) is 50.7 Å². The molecule has 2 saturated carbocycles. The van der Waals surface area contributed by atoms with Crippen molar-refractivity contribution in [2.45, 2.75) is 57.3 Å². The summed E-state index contributed by atoms with van der Waals surface area (Å²) in [6.45, 7) is 3.92. The van der Waals surface area contributed by atoms with E-state index in [1.807, 2.05) is 0 Å². The summed E-state index contributed by atoms with van der Waals surface area (Å²) in [6, 6.07) is 4.43. The van der Waals surface area contributed by atoms with Crippen molar-refractivity contribution < 1.29 is 8.78 Å². The largest absolute Gasteiger partial charge is 0.204 e. The van der Waals surface area contributed by atoms with Crippen LogP contribution in [0.3, 0.4) is 0 Å². The average molecular weight is 304 g/mol. The van der Waals surface area contributed by atoms with Crippen LogP contribution in [0, 0.1) is 29.4 Å². The molecule has 3 rings (SSSR count). The summed E-state index contributed by atoms with van der Waals surface area (Å²) < 4.78 is 26.4. The van der Waals surface area contributed by atoms with Gasteiger partial charge in [-0.25, -0.2) is 8.78 Å². The molecule has 0 saturated heterocycles. The maximum absolute atomic E-state index is 13.4. The Morgan fingerprint density at radius 3 is 1.95 bits per heavy atom. The number of rotatable bonds is 3. The molecule has 1 aromatic rings. The molecule has 0 heterocycles. The molecule has 2 aliphatic carbocycles. The second-order valence-electron chi connectivity index (χ2n) is 7.20. The van der Waals surface area contributed by atoms with Crippen molar-refractivity contribution in [3.63, 3.8) is 0 Å². The molecular weight excluding hydrogens is 278 g/mol. The average Bonchev–Trinajstić information content (AvgIpc) is 2.58. The van der Waals surface area contributed by atoms with Gasteiger partial charge in [0.05, 0.1) is 0 Å². The molecule has 0 spiro atoms. The first kappa shape index (κ1) is 15.7. The van der Waals surface area contributed by atoms with Gasteiger partial charge in [-0.15, -0.1) is 6.58 Å². The van der Waals surface area contributed by atoms with Gasteiger partial charge in [-0.2, -0.15) is 0 Å². The summed E-state index contributed by atoms with van der Waals surface area (Å²) in [5, 5.41) is 0. The SMILES string of the molecule is C=C[C@H]1CC[C@H](C2CCC(c3ccc(F)c(F)c3)CC2)CC1. The molecule has 120 valence electrons. The first-order chi connectivity index (χ1) is 10.7. The Bertz CT molecular complexity index is 506. The zero-order valence-corrected chi connectivity index (χ0v) is 13.2. The third-order valence-electron chi connectivity index (χ3n) is 6.00. The van der Waals surface area contributed by atoms with Crippen LogP contribution in [0.4, 0.5) is 8.78 Å². The summed E-state index contributed by atoms with van der Waals surface area (Å²) in [6.07, 6.45) is 12.1. The van der Waals surface area contributed by atoms with Crippen LogP contribution in [0.15, 0.2) is 30.9 Å². The van der Waals surface area contributed by atoms with E-state index in [2.05, 4.69) is 12.7 Å². The maximum Gasteiger partial charge on any atom is 0.159 e. The number of allylic oxidation sites excluding steroid dienone is 1. The van der Waals surface area contributed by atoms with Crippen molar-refractivity contribution >= 4 is 0 Å². The highest BCUT2D eigenvalue weighted by atomic mass is 19.2. The molecule has 22 heavy (non-hydrogen) atoms. The predicted molar refractivity (Wildman–Crippen MR) is 86.7 cm³/mol. The molecule has 0 amide bonds. The second-order valence-corrected chi connectivity index (χ2v) is 7.20. The zero-order chi connectivity index (χ0) is 15.5. The lowest BCUT2D eigenvalue weighted by Gasteiger charge is -2.37. The van der Waals surface area contributed by atoms with Gasteiger partial charge in [0, 0.05) is 0 Å². The third-order valence-corrected chi connectivity index (χ3v) is 6.00. The lowest BCUT2D eigenvalue weighted by atomic mass is 9.68.